The minimum atomic E-state index is -0.186. The van der Waals surface area contributed by atoms with Gasteiger partial charge >= 0.3 is 0 Å². The molecule has 0 aromatic heterocycles. The molecule has 0 spiro atoms. The first kappa shape index (κ1) is 20.6. The Hall–Kier alpha value is -2.63. The highest BCUT2D eigenvalue weighted by Crippen LogP contribution is 2.22. The molecule has 2 atom stereocenters. The molecule has 2 aliphatic heterocycles. The summed E-state index contributed by atoms with van der Waals surface area (Å²) in [7, 11) is 0. The first-order valence-electron chi connectivity index (χ1n) is 10.8. The van der Waals surface area contributed by atoms with E-state index in [1.54, 1.807) is 24.3 Å². The summed E-state index contributed by atoms with van der Waals surface area (Å²) in [5.41, 5.74) is 1.53. The molecule has 30 heavy (non-hydrogen) atoms. The van der Waals surface area contributed by atoms with Gasteiger partial charge in [-0.2, -0.15) is 0 Å². The van der Waals surface area contributed by atoms with Crippen LogP contribution in [0.15, 0.2) is 54.6 Å². The third-order valence-corrected chi connectivity index (χ3v) is 5.23. The Kier molecular flexibility index (Phi) is 7.16. The average Bonchev–Trinajstić information content (AvgIpc) is 2.80. The maximum absolute atomic E-state index is 12.5. The van der Waals surface area contributed by atoms with E-state index in [4.69, 9.17) is 18.9 Å². The molecular weight excluding hydrogens is 380 g/mol. The molecule has 0 aliphatic carbocycles. The van der Waals surface area contributed by atoms with E-state index in [2.05, 4.69) is 0 Å². The van der Waals surface area contributed by atoms with Crippen molar-refractivity contribution in [1.29, 1.82) is 0 Å². The lowest BCUT2D eigenvalue weighted by molar-refractivity contribution is -0.106. The molecule has 0 amide bonds. The molecule has 2 unspecified atom stereocenters. The van der Waals surface area contributed by atoms with Crippen molar-refractivity contribution in [3.05, 3.63) is 65.7 Å². The fraction of sp³-hybridized carbons (Fsp3) is 0.400. The Bertz CT molecular complexity index is 846. The van der Waals surface area contributed by atoms with Gasteiger partial charge in [-0.3, -0.25) is 4.79 Å². The van der Waals surface area contributed by atoms with Crippen molar-refractivity contribution in [3.63, 3.8) is 0 Å². The first-order chi connectivity index (χ1) is 14.8. The molecule has 2 aromatic carbocycles. The molecule has 158 valence electrons. The van der Waals surface area contributed by atoms with Crippen LogP contribution in [-0.2, 0) is 9.47 Å². The fourth-order valence-electron chi connectivity index (χ4n) is 3.57. The van der Waals surface area contributed by atoms with Crippen LogP contribution in [0.1, 0.15) is 54.4 Å². The van der Waals surface area contributed by atoms with Gasteiger partial charge in [0, 0.05) is 18.4 Å². The van der Waals surface area contributed by atoms with Crippen LogP contribution in [-0.4, -0.2) is 31.6 Å². The second kappa shape index (κ2) is 10.4. The second-order valence-electron chi connectivity index (χ2n) is 7.62. The Balaban J connectivity index is 1.33. The Morgan fingerprint density at radius 1 is 0.833 bits per heavy atom. The number of benzene rings is 2. The highest BCUT2D eigenvalue weighted by Gasteiger charge is 2.16. The monoisotopic (exact) mass is 408 g/mol. The molecule has 2 aromatic rings. The highest BCUT2D eigenvalue weighted by molar-refractivity contribution is 6.06. The Labute approximate surface area is 177 Å². The number of hydrogen-bond acceptors (Lipinski definition) is 5. The predicted molar refractivity (Wildman–Crippen MR) is 115 cm³/mol. The van der Waals surface area contributed by atoms with Gasteiger partial charge in [-0.25, -0.2) is 0 Å². The van der Waals surface area contributed by atoms with E-state index in [9.17, 15) is 4.79 Å². The fourth-order valence-corrected chi connectivity index (χ4v) is 3.57. The van der Waals surface area contributed by atoms with E-state index in [-0.39, 0.29) is 18.4 Å². The summed E-state index contributed by atoms with van der Waals surface area (Å²) in [6, 6.07) is 14.9. The van der Waals surface area contributed by atoms with Crippen LogP contribution >= 0.6 is 0 Å². The summed E-state index contributed by atoms with van der Waals surface area (Å²) >= 11 is 0. The molecular formula is C25H28O5. The number of carbonyl (C=O) groups excluding carboxylic acids is 1. The lowest BCUT2D eigenvalue weighted by Gasteiger charge is -2.23. The van der Waals surface area contributed by atoms with Crippen LogP contribution in [0.25, 0.3) is 6.08 Å². The zero-order valence-electron chi connectivity index (χ0n) is 17.1. The van der Waals surface area contributed by atoms with Crippen molar-refractivity contribution in [2.75, 3.05) is 13.2 Å². The van der Waals surface area contributed by atoms with Gasteiger partial charge in [-0.1, -0.05) is 18.2 Å². The molecule has 4 rings (SSSR count). The van der Waals surface area contributed by atoms with Crippen molar-refractivity contribution >= 4 is 11.9 Å². The van der Waals surface area contributed by atoms with Crippen molar-refractivity contribution in [3.8, 4) is 11.5 Å². The molecule has 2 heterocycles. The molecule has 0 radical (unpaired) electrons. The number of hydrogen-bond donors (Lipinski definition) is 0. The molecule has 2 aliphatic rings. The quantitative estimate of drug-likeness (QED) is 0.454. The normalized spacial score (nSPS) is 22.0. The van der Waals surface area contributed by atoms with Crippen LogP contribution < -0.4 is 9.47 Å². The topological polar surface area (TPSA) is 54.0 Å². The summed E-state index contributed by atoms with van der Waals surface area (Å²) in [5, 5.41) is 0. The van der Waals surface area contributed by atoms with Crippen LogP contribution in [0.3, 0.4) is 0 Å². The van der Waals surface area contributed by atoms with Gasteiger partial charge in [0.25, 0.3) is 0 Å². The maximum atomic E-state index is 12.5. The van der Waals surface area contributed by atoms with Crippen LogP contribution in [0, 0.1) is 0 Å². The van der Waals surface area contributed by atoms with Crippen molar-refractivity contribution in [1.82, 2.24) is 0 Å². The van der Waals surface area contributed by atoms with Gasteiger partial charge in [0.1, 0.15) is 11.5 Å². The zero-order valence-corrected chi connectivity index (χ0v) is 17.1. The van der Waals surface area contributed by atoms with Crippen molar-refractivity contribution in [2.45, 2.75) is 51.1 Å². The molecule has 0 saturated carbocycles. The maximum Gasteiger partial charge on any atom is 0.199 e. The summed E-state index contributed by atoms with van der Waals surface area (Å²) in [6.07, 6.45) is 9.24. The van der Waals surface area contributed by atoms with Crippen LogP contribution in [0.4, 0.5) is 0 Å². The first-order valence-corrected chi connectivity index (χ1v) is 10.8. The smallest absolute Gasteiger partial charge is 0.199 e. The summed E-state index contributed by atoms with van der Waals surface area (Å²) in [6.45, 7) is 1.49. The largest absolute Gasteiger partial charge is 0.465 e. The van der Waals surface area contributed by atoms with Gasteiger partial charge in [-0.15, -0.1) is 0 Å². The highest BCUT2D eigenvalue weighted by atomic mass is 16.7. The number of allylic oxidation sites excluding steroid dienone is 1. The van der Waals surface area contributed by atoms with E-state index >= 15 is 0 Å². The summed E-state index contributed by atoms with van der Waals surface area (Å²) in [5.74, 6) is 1.41. The third-order valence-electron chi connectivity index (χ3n) is 5.23. The van der Waals surface area contributed by atoms with Crippen molar-refractivity contribution < 1.29 is 23.7 Å². The molecule has 0 N–H and O–H groups in total. The molecule has 2 fully saturated rings. The van der Waals surface area contributed by atoms with Gasteiger partial charge in [0.05, 0.1) is 13.2 Å². The minimum absolute atomic E-state index is 0.0580. The van der Waals surface area contributed by atoms with E-state index in [0.29, 0.717) is 5.56 Å². The van der Waals surface area contributed by atoms with E-state index in [1.165, 1.54) is 0 Å². The number of ether oxygens (including phenoxy) is 4. The number of rotatable bonds is 7. The molecule has 2 saturated heterocycles. The van der Waals surface area contributed by atoms with Crippen LogP contribution in [0.2, 0.25) is 0 Å². The van der Waals surface area contributed by atoms with E-state index in [1.807, 2.05) is 36.4 Å². The van der Waals surface area contributed by atoms with Gasteiger partial charge < -0.3 is 18.9 Å². The summed E-state index contributed by atoms with van der Waals surface area (Å²) < 4.78 is 22.9. The van der Waals surface area contributed by atoms with E-state index in [0.717, 1.165) is 68.8 Å². The predicted octanol–water partition coefficient (Wildman–Crippen LogP) is 5.39. The van der Waals surface area contributed by atoms with Gasteiger partial charge in [0.2, 0.25) is 0 Å². The summed E-state index contributed by atoms with van der Waals surface area (Å²) in [4.78, 5) is 12.5. The molecule has 0 bridgehead atoms. The van der Waals surface area contributed by atoms with Gasteiger partial charge in [-0.05, 0) is 73.7 Å². The molecule has 5 nitrogen and oxygen atoms in total. The third kappa shape index (κ3) is 5.94. The average molecular weight is 408 g/mol. The minimum Gasteiger partial charge on any atom is -0.465 e. The Morgan fingerprint density at radius 3 is 2.13 bits per heavy atom. The standard InChI is InChI=1S/C25H28O5/c26-23(20-11-13-21(14-12-20)29-24-8-1-3-16-27-24)15-10-19-6-5-7-22(18-19)30-25-9-2-4-17-28-25/h5-7,10-15,18,24-25H,1-4,8-9,16-17H2. The van der Waals surface area contributed by atoms with Gasteiger partial charge in [0.15, 0.2) is 18.4 Å². The SMILES string of the molecule is O=C(C=Cc1cccc(OC2CCCCO2)c1)c1ccc(OC2CCCCO2)cc1. The van der Waals surface area contributed by atoms with Crippen molar-refractivity contribution in [2.24, 2.45) is 0 Å². The van der Waals surface area contributed by atoms with Crippen LogP contribution in [0.5, 0.6) is 11.5 Å². The lowest BCUT2D eigenvalue weighted by atomic mass is 10.1. The second-order valence-corrected chi connectivity index (χ2v) is 7.62. The Morgan fingerprint density at radius 2 is 1.50 bits per heavy atom. The molecule has 5 heteroatoms. The van der Waals surface area contributed by atoms with E-state index < -0.39 is 0 Å². The zero-order chi connectivity index (χ0) is 20.6. The number of carbonyl (C=O) groups is 1. The number of ketones is 1. The lowest BCUT2D eigenvalue weighted by Crippen LogP contribution is -2.24.